The highest BCUT2D eigenvalue weighted by Gasteiger charge is 2.35. The number of amides is 2. The van der Waals surface area contributed by atoms with Gasteiger partial charge in [0.1, 0.15) is 11.3 Å². The monoisotopic (exact) mass is 484 g/mol. The van der Waals surface area contributed by atoms with Gasteiger partial charge in [-0.3, -0.25) is 19.8 Å². The number of carbonyl (C=O) groups is 2. The third kappa shape index (κ3) is 4.01. The molecule has 0 aromatic heterocycles. The summed E-state index contributed by atoms with van der Waals surface area (Å²) >= 11 is 20.6. The molecule has 1 saturated heterocycles. The number of carbonyl (C=O) groups excluding carboxylic acids is 2. The number of ether oxygens (including phenoxy) is 1. The lowest BCUT2D eigenvalue weighted by Crippen LogP contribution is -2.54. The second-order valence-electron chi connectivity index (χ2n) is 5.45. The van der Waals surface area contributed by atoms with Crippen molar-refractivity contribution in [3.8, 4) is 5.75 Å². The number of methoxy groups -OCH3 is 1. The first-order valence-corrected chi connectivity index (χ1v) is 9.47. The van der Waals surface area contributed by atoms with E-state index in [0.29, 0.717) is 26.5 Å². The van der Waals surface area contributed by atoms with E-state index in [1.54, 1.807) is 37.4 Å². The molecule has 1 heterocycles. The Labute approximate surface area is 179 Å². The molecule has 2 amide bonds. The maximum Gasteiger partial charge on any atom is 0.270 e. The molecule has 3 rings (SSSR count). The van der Waals surface area contributed by atoms with Gasteiger partial charge in [0.05, 0.1) is 22.3 Å². The lowest BCUT2D eigenvalue weighted by molar-refractivity contribution is -0.122. The van der Waals surface area contributed by atoms with E-state index >= 15 is 0 Å². The minimum absolute atomic E-state index is 0.0534. The fourth-order valence-corrected chi connectivity index (χ4v) is 3.80. The highest BCUT2D eigenvalue weighted by atomic mass is 79.9. The van der Waals surface area contributed by atoms with E-state index in [1.165, 1.54) is 17.0 Å². The van der Waals surface area contributed by atoms with Gasteiger partial charge in [0.25, 0.3) is 11.8 Å². The molecule has 138 valence electrons. The molecule has 1 aliphatic rings. The number of nitrogens with one attached hydrogen (secondary N) is 1. The quantitative estimate of drug-likeness (QED) is 0.392. The smallest absolute Gasteiger partial charge is 0.270 e. The standard InChI is InChI=1S/C18H11BrCl2N2O3S/c1-26-15-5-2-9(7-12(15)19)6-11-16(24)22-18(27)23(17(11)25)14-4-3-10(20)8-13(14)21/h2-8H,1H3,(H,22,24,27)/b11-6-. The van der Waals surface area contributed by atoms with Crippen LogP contribution in [0.25, 0.3) is 6.08 Å². The molecule has 0 bridgehead atoms. The number of hydrogen-bond donors (Lipinski definition) is 1. The van der Waals surface area contributed by atoms with Crippen LogP contribution in [0.2, 0.25) is 10.0 Å². The Morgan fingerprint density at radius 1 is 1.19 bits per heavy atom. The predicted octanol–water partition coefficient (Wildman–Crippen LogP) is 4.60. The Bertz CT molecular complexity index is 1010. The number of nitrogens with zero attached hydrogens (tertiary/aromatic N) is 1. The highest BCUT2D eigenvalue weighted by molar-refractivity contribution is 9.10. The van der Waals surface area contributed by atoms with Gasteiger partial charge in [-0.25, -0.2) is 0 Å². The van der Waals surface area contributed by atoms with Gasteiger partial charge in [-0.1, -0.05) is 29.3 Å². The molecule has 2 aromatic carbocycles. The summed E-state index contributed by atoms with van der Waals surface area (Å²) in [4.78, 5) is 26.5. The van der Waals surface area contributed by atoms with Crippen molar-refractivity contribution in [2.75, 3.05) is 12.0 Å². The summed E-state index contributed by atoms with van der Waals surface area (Å²) in [5, 5.41) is 3.11. The van der Waals surface area contributed by atoms with Gasteiger partial charge in [-0.2, -0.15) is 0 Å². The summed E-state index contributed by atoms with van der Waals surface area (Å²) in [5.74, 6) is -0.537. The van der Waals surface area contributed by atoms with Crippen molar-refractivity contribution in [1.29, 1.82) is 0 Å². The molecule has 0 atom stereocenters. The lowest BCUT2D eigenvalue weighted by atomic mass is 10.1. The molecular formula is C18H11BrCl2N2O3S. The minimum atomic E-state index is -0.585. The van der Waals surface area contributed by atoms with Crippen LogP contribution in [0.4, 0.5) is 5.69 Å². The van der Waals surface area contributed by atoms with Crippen LogP contribution < -0.4 is 15.0 Å². The topological polar surface area (TPSA) is 58.6 Å². The molecule has 0 saturated carbocycles. The average Bonchev–Trinajstić information content (AvgIpc) is 2.60. The van der Waals surface area contributed by atoms with Crippen LogP contribution in [-0.4, -0.2) is 24.0 Å². The second-order valence-corrected chi connectivity index (χ2v) is 7.53. The number of halogens is 3. The van der Waals surface area contributed by atoms with Crippen LogP contribution >= 0.6 is 51.3 Å². The van der Waals surface area contributed by atoms with E-state index in [0.717, 1.165) is 0 Å². The van der Waals surface area contributed by atoms with Gasteiger partial charge in [0.2, 0.25) is 0 Å². The normalized spacial score (nSPS) is 15.9. The summed E-state index contributed by atoms with van der Waals surface area (Å²) in [5.41, 5.74) is 0.890. The largest absolute Gasteiger partial charge is 0.496 e. The molecule has 9 heteroatoms. The second kappa shape index (κ2) is 7.98. The maximum absolute atomic E-state index is 13.0. The summed E-state index contributed by atoms with van der Waals surface area (Å²) in [7, 11) is 1.55. The first-order chi connectivity index (χ1) is 12.8. The van der Waals surface area contributed by atoms with Crippen molar-refractivity contribution in [2.24, 2.45) is 0 Å². The van der Waals surface area contributed by atoms with E-state index < -0.39 is 11.8 Å². The maximum atomic E-state index is 13.0. The zero-order valence-corrected chi connectivity index (χ0v) is 17.7. The van der Waals surface area contributed by atoms with Crippen LogP contribution in [0, 0.1) is 0 Å². The van der Waals surface area contributed by atoms with Gasteiger partial charge in [0, 0.05) is 5.02 Å². The van der Waals surface area contributed by atoms with E-state index in [9.17, 15) is 9.59 Å². The molecule has 5 nitrogen and oxygen atoms in total. The zero-order valence-electron chi connectivity index (χ0n) is 13.8. The van der Waals surface area contributed by atoms with Gasteiger partial charge < -0.3 is 4.74 Å². The first-order valence-electron chi connectivity index (χ1n) is 7.52. The number of hydrogen-bond acceptors (Lipinski definition) is 4. The van der Waals surface area contributed by atoms with Crippen molar-refractivity contribution < 1.29 is 14.3 Å². The molecule has 0 unspecified atom stereocenters. The minimum Gasteiger partial charge on any atom is -0.496 e. The van der Waals surface area contributed by atoms with Gasteiger partial charge >= 0.3 is 0 Å². The number of rotatable bonds is 3. The first kappa shape index (κ1) is 19.8. The van der Waals surface area contributed by atoms with Crippen molar-refractivity contribution in [2.45, 2.75) is 0 Å². The Hall–Kier alpha value is -1.93. The Kier molecular flexibility index (Phi) is 5.86. The Balaban J connectivity index is 2.03. The van der Waals surface area contributed by atoms with E-state index in [-0.39, 0.29) is 15.7 Å². The van der Waals surface area contributed by atoms with Crippen molar-refractivity contribution >= 4 is 80.0 Å². The van der Waals surface area contributed by atoms with E-state index in [2.05, 4.69) is 21.2 Å². The van der Waals surface area contributed by atoms with E-state index in [1.807, 2.05) is 0 Å². The third-order valence-electron chi connectivity index (χ3n) is 3.74. The summed E-state index contributed by atoms with van der Waals surface area (Å²) in [6.45, 7) is 0. The summed E-state index contributed by atoms with van der Waals surface area (Å²) in [6.07, 6.45) is 1.47. The fourth-order valence-electron chi connectivity index (χ4n) is 2.48. The summed E-state index contributed by atoms with van der Waals surface area (Å²) < 4.78 is 5.87. The number of benzene rings is 2. The SMILES string of the molecule is COc1ccc(/C=C2/C(=O)NC(=S)N(c3ccc(Cl)cc3Cl)C2=O)cc1Br. The van der Waals surface area contributed by atoms with Gasteiger partial charge in [-0.15, -0.1) is 0 Å². The molecule has 0 radical (unpaired) electrons. The average molecular weight is 486 g/mol. The molecule has 0 aliphatic carbocycles. The predicted molar refractivity (Wildman–Crippen MR) is 113 cm³/mol. The summed E-state index contributed by atoms with van der Waals surface area (Å²) in [6, 6.07) is 9.82. The van der Waals surface area contributed by atoms with Crippen LogP contribution in [0.15, 0.2) is 46.4 Å². The van der Waals surface area contributed by atoms with Crippen LogP contribution in [0.3, 0.4) is 0 Å². The zero-order chi connectivity index (χ0) is 19.7. The Morgan fingerprint density at radius 3 is 2.56 bits per heavy atom. The fraction of sp³-hybridized carbons (Fsp3) is 0.0556. The van der Waals surface area contributed by atoms with E-state index in [4.69, 9.17) is 40.2 Å². The van der Waals surface area contributed by atoms with Gasteiger partial charge in [0.15, 0.2) is 5.11 Å². The molecule has 1 N–H and O–H groups in total. The third-order valence-corrected chi connectivity index (χ3v) is 5.18. The highest BCUT2D eigenvalue weighted by Crippen LogP contribution is 2.32. The number of anilines is 1. The van der Waals surface area contributed by atoms with Crippen LogP contribution in [-0.2, 0) is 9.59 Å². The lowest BCUT2D eigenvalue weighted by Gasteiger charge is -2.29. The van der Waals surface area contributed by atoms with Crippen molar-refractivity contribution in [3.63, 3.8) is 0 Å². The van der Waals surface area contributed by atoms with Crippen molar-refractivity contribution in [3.05, 3.63) is 62.1 Å². The molecule has 0 spiro atoms. The molecule has 2 aromatic rings. The van der Waals surface area contributed by atoms with Crippen molar-refractivity contribution in [1.82, 2.24) is 5.32 Å². The molecule has 1 aliphatic heterocycles. The Morgan fingerprint density at radius 2 is 1.93 bits per heavy atom. The van der Waals surface area contributed by atoms with Crippen LogP contribution in [0.1, 0.15) is 5.56 Å². The molecule has 27 heavy (non-hydrogen) atoms. The molecule has 1 fully saturated rings. The number of thiocarbonyl (C=S) groups is 1. The van der Waals surface area contributed by atoms with Gasteiger partial charge in [-0.05, 0) is 70.1 Å². The molecular weight excluding hydrogens is 475 g/mol. The van der Waals surface area contributed by atoms with Crippen LogP contribution in [0.5, 0.6) is 5.75 Å².